The van der Waals surface area contributed by atoms with Crippen molar-refractivity contribution in [2.75, 3.05) is 11.4 Å². The van der Waals surface area contributed by atoms with Crippen molar-refractivity contribution in [3.63, 3.8) is 0 Å². The monoisotopic (exact) mass is 360 g/mol. The van der Waals surface area contributed by atoms with E-state index in [9.17, 15) is 13.2 Å². The maximum Gasteiger partial charge on any atom is 0.264 e. The van der Waals surface area contributed by atoms with E-state index in [4.69, 9.17) is 0 Å². The van der Waals surface area contributed by atoms with Crippen molar-refractivity contribution < 1.29 is 13.2 Å². The van der Waals surface area contributed by atoms with E-state index in [0.29, 0.717) is 17.2 Å². The van der Waals surface area contributed by atoms with Crippen molar-refractivity contribution in [3.05, 3.63) is 60.2 Å². The summed E-state index contributed by atoms with van der Waals surface area (Å²) in [5.74, 6) is 0.0989. The molecule has 134 valence electrons. The van der Waals surface area contributed by atoms with Gasteiger partial charge in [-0.3, -0.25) is 9.10 Å². The number of carbonyl (C=O) groups is 1. The van der Waals surface area contributed by atoms with Crippen LogP contribution in [0.15, 0.2) is 59.5 Å². The molecule has 1 unspecified atom stereocenters. The second kappa shape index (κ2) is 7.70. The fourth-order valence-electron chi connectivity index (χ4n) is 2.19. The van der Waals surface area contributed by atoms with Gasteiger partial charge in [0.2, 0.25) is 0 Å². The Balaban J connectivity index is 2.28. The topological polar surface area (TPSA) is 66.5 Å². The largest absolute Gasteiger partial charge is 0.349 e. The molecule has 0 heterocycles. The van der Waals surface area contributed by atoms with E-state index >= 15 is 0 Å². The molecule has 0 aromatic heterocycles. The zero-order chi connectivity index (χ0) is 18.6. The summed E-state index contributed by atoms with van der Waals surface area (Å²) in [7, 11) is -2.19. The molecule has 0 radical (unpaired) electrons. The first kappa shape index (κ1) is 19.0. The SMILES string of the molecule is CC(C)C(C)NC(=O)c1cccc(N(C)S(=O)(=O)c2ccccc2)c1. The highest BCUT2D eigenvalue weighted by molar-refractivity contribution is 7.92. The molecule has 0 aliphatic heterocycles. The van der Waals surface area contributed by atoms with Crippen LogP contribution >= 0.6 is 0 Å². The van der Waals surface area contributed by atoms with Gasteiger partial charge in [-0.2, -0.15) is 0 Å². The first-order chi connectivity index (χ1) is 11.7. The van der Waals surface area contributed by atoms with Gasteiger partial charge in [0.1, 0.15) is 0 Å². The lowest BCUT2D eigenvalue weighted by Gasteiger charge is -2.21. The molecular formula is C19H24N2O3S. The quantitative estimate of drug-likeness (QED) is 0.860. The molecule has 0 bridgehead atoms. The summed E-state index contributed by atoms with van der Waals surface area (Å²) in [6.07, 6.45) is 0. The van der Waals surface area contributed by atoms with E-state index in [1.54, 1.807) is 54.6 Å². The van der Waals surface area contributed by atoms with Crippen molar-refractivity contribution in [1.82, 2.24) is 5.32 Å². The molecule has 0 aliphatic carbocycles. The summed E-state index contributed by atoms with van der Waals surface area (Å²) in [4.78, 5) is 12.6. The Hall–Kier alpha value is -2.34. The van der Waals surface area contributed by atoms with Crippen LogP contribution in [0.1, 0.15) is 31.1 Å². The lowest BCUT2D eigenvalue weighted by Crippen LogP contribution is -2.36. The number of sulfonamides is 1. The molecule has 2 rings (SSSR count). The van der Waals surface area contributed by atoms with Crippen LogP contribution in [0.2, 0.25) is 0 Å². The molecule has 2 aromatic rings. The van der Waals surface area contributed by atoms with Crippen molar-refractivity contribution in [1.29, 1.82) is 0 Å². The Morgan fingerprint density at radius 3 is 2.24 bits per heavy atom. The van der Waals surface area contributed by atoms with E-state index < -0.39 is 10.0 Å². The van der Waals surface area contributed by atoms with Crippen molar-refractivity contribution in [3.8, 4) is 0 Å². The van der Waals surface area contributed by atoms with Gasteiger partial charge in [0, 0.05) is 18.7 Å². The van der Waals surface area contributed by atoms with Crippen LogP contribution in [-0.2, 0) is 10.0 Å². The molecule has 0 saturated carbocycles. The number of rotatable bonds is 6. The second-order valence-corrected chi connectivity index (χ2v) is 8.31. The average molecular weight is 360 g/mol. The number of nitrogens with zero attached hydrogens (tertiary/aromatic N) is 1. The Kier molecular flexibility index (Phi) is 5.85. The highest BCUT2D eigenvalue weighted by atomic mass is 32.2. The number of benzene rings is 2. The Morgan fingerprint density at radius 2 is 1.64 bits per heavy atom. The number of carbonyl (C=O) groups excluding carboxylic acids is 1. The summed E-state index contributed by atoms with van der Waals surface area (Å²) in [5, 5.41) is 2.93. The predicted molar refractivity (Wildman–Crippen MR) is 100 cm³/mol. The summed E-state index contributed by atoms with van der Waals surface area (Å²) < 4.78 is 26.6. The van der Waals surface area contributed by atoms with Gasteiger partial charge in [0.25, 0.3) is 15.9 Å². The zero-order valence-corrected chi connectivity index (χ0v) is 15.7. The molecule has 1 atom stereocenters. The Labute approximate surface area is 149 Å². The predicted octanol–water partition coefficient (Wildman–Crippen LogP) is 3.29. The van der Waals surface area contributed by atoms with Crippen LogP contribution in [0.25, 0.3) is 0 Å². The zero-order valence-electron chi connectivity index (χ0n) is 14.9. The van der Waals surface area contributed by atoms with Crippen LogP contribution in [0, 0.1) is 5.92 Å². The molecule has 6 heteroatoms. The van der Waals surface area contributed by atoms with Gasteiger partial charge in [0.15, 0.2) is 0 Å². The summed E-state index contributed by atoms with van der Waals surface area (Å²) in [6.45, 7) is 6.00. The van der Waals surface area contributed by atoms with E-state index in [-0.39, 0.29) is 16.8 Å². The lowest BCUT2D eigenvalue weighted by molar-refractivity contribution is 0.0930. The third-order valence-corrected chi connectivity index (χ3v) is 6.03. The minimum absolute atomic E-state index is 0.0296. The summed E-state index contributed by atoms with van der Waals surface area (Å²) in [6, 6.07) is 14.9. The van der Waals surface area contributed by atoms with Crippen LogP contribution in [-0.4, -0.2) is 27.4 Å². The van der Waals surface area contributed by atoms with Crippen LogP contribution in [0.4, 0.5) is 5.69 Å². The molecule has 1 amide bonds. The molecule has 25 heavy (non-hydrogen) atoms. The fraction of sp³-hybridized carbons (Fsp3) is 0.316. The number of amides is 1. The van der Waals surface area contributed by atoms with Crippen molar-refractivity contribution >= 4 is 21.6 Å². The van der Waals surface area contributed by atoms with E-state index in [1.807, 2.05) is 20.8 Å². The second-order valence-electron chi connectivity index (χ2n) is 6.34. The van der Waals surface area contributed by atoms with Crippen LogP contribution in [0.5, 0.6) is 0 Å². The average Bonchev–Trinajstić information content (AvgIpc) is 2.61. The smallest absolute Gasteiger partial charge is 0.264 e. The fourth-order valence-corrected chi connectivity index (χ4v) is 3.40. The highest BCUT2D eigenvalue weighted by Gasteiger charge is 2.22. The van der Waals surface area contributed by atoms with Gasteiger partial charge in [-0.05, 0) is 43.2 Å². The molecule has 0 spiro atoms. The summed E-state index contributed by atoms with van der Waals surface area (Å²) in [5.41, 5.74) is 0.869. The van der Waals surface area contributed by atoms with Gasteiger partial charge in [-0.25, -0.2) is 8.42 Å². The minimum Gasteiger partial charge on any atom is -0.349 e. The van der Waals surface area contributed by atoms with Gasteiger partial charge in [-0.1, -0.05) is 38.1 Å². The maximum absolute atomic E-state index is 12.7. The van der Waals surface area contributed by atoms with Gasteiger partial charge in [-0.15, -0.1) is 0 Å². The van der Waals surface area contributed by atoms with Crippen molar-refractivity contribution in [2.24, 2.45) is 5.92 Å². The maximum atomic E-state index is 12.7. The third kappa shape index (κ3) is 4.39. The molecule has 5 nitrogen and oxygen atoms in total. The molecular weight excluding hydrogens is 336 g/mol. The number of anilines is 1. The molecule has 0 aliphatic rings. The number of nitrogens with one attached hydrogen (secondary N) is 1. The van der Waals surface area contributed by atoms with Crippen LogP contribution in [0.3, 0.4) is 0 Å². The Morgan fingerprint density at radius 1 is 1.00 bits per heavy atom. The minimum atomic E-state index is -3.67. The number of hydrogen-bond acceptors (Lipinski definition) is 3. The van der Waals surface area contributed by atoms with Crippen LogP contribution < -0.4 is 9.62 Å². The highest BCUT2D eigenvalue weighted by Crippen LogP contribution is 2.22. The number of hydrogen-bond donors (Lipinski definition) is 1. The first-order valence-electron chi connectivity index (χ1n) is 8.18. The van der Waals surface area contributed by atoms with E-state index in [2.05, 4.69) is 5.32 Å². The van der Waals surface area contributed by atoms with E-state index in [0.717, 1.165) is 0 Å². The normalized spacial score (nSPS) is 12.7. The molecule has 2 aromatic carbocycles. The standard InChI is InChI=1S/C19H24N2O3S/c1-14(2)15(3)20-19(22)16-9-8-10-17(13-16)21(4)25(23,24)18-11-6-5-7-12-18/h5-15H,1-4H3,(H,20,22). The van der Waals surface area contributed by atoms with Gasteiger partial charge in [0.05, 0.1) is 10.6 Å². The Bertz CT molecular complexity index is 833. The van der Waals surface area contributed by atoms with Gasteiger partial charge >= 0.3 is 0 Å². The molecule has 1 N–H and O–H groups in total. The van der Waals surface area contributed by atoms with E-state index in [1.165, 1.54) is 11.4 Å². The van der Waals surface area contributed by atoms with Gasteiger partial charge < -0.3 is 5.32 Å². The molecule has 0 saturated heterocycles. The first-order valence-corrected chi connectivity index (χ1v) is 9.62. The third-order valence-electron chi connectivity index (χ3n) is 4.23. The molecule has 0 fully saturated rings. The summed E-state index contributed by atoms with van der Waals surface area (Å²) >= 11 is 0. The lowest BCUT2D eigenvalue weighted by atomic mass is 10.1. The van der Waals surface area contributed by atoms with Crippen molar-refractivity contribution in [2.45, 2.75) is 31.7 Å².